The molecule has 0 aliphatic heterocycles. The average molecular weight is 209 g/mol. The normalized spacial score (nSPS) is 17.6. The van der Waals surface area contributed by atoms with Crippen LogP contribution in [0.2, 0.25) is 0 Å². The fraction of sp³-hybridized carbons (Fsp3) is 0.500. The molecule has 0 saturated heterocycles. The molecule has 0 aromatic heterocycles. The maximum absolute atomic E-state index is 13.6. The van der Waals surface area contributed by atoms with E-state index in [0.29, 0.717) is 12.3 Å². The largest absolute Gasteiger partial charge is 0.493 e. The highest BCUT2D eigenvalue weighted by atomic mass is 19.1. The zero-order valence-electron chi connectivity index (χ0n) is 9.14. The van der Waals surface area contributed by atoms with Gasteiger partial charge in [0, 0.05) is 12.0 Å². The lowest BCUT2D eigenvalue weighted by atomic mass is 9.94. The summed E-state index contributed by atoms with van der Waals surface area (Å²) in [7, 11) is 1.49. The van der Waals surface area contributed by atoms with Gasteiger partial charge in [0.05, 0.1) is 7.11 Å². The Labute approximate surface area is 89.2 Å². The molecule has 0 spiro atoms. The Morgan fingerprint density at radius 3 is 2.53 bits per heavy atom. The van der Waals surface area contributed by atoms with Crippen molar-refractivity contribution in [3.63, 3.8) is 0 Å². The fourth-order valence-electron chi connectivity index (χ4n) is 2.06. The molecule has 0 radical (unpaired) electrons. The summed E-state index contributed by atoms with van der Waals surface area (Å²) in [5, 5.41) is 0. The molecule has 0 amide bonds. The lowest BCUT2D eigenvalue weighted by Crippen LogP contribution is -2.20. The number of aryl methyl sites for hydroxylation is 1. The predicted molar refractivity (Wildman–Crippen MR) is 57.7 cm³/mol. The first-order valence-electron chi connectivity index (χ1n) is 5.17. The standard InChI is InChI=1S/C12H16FNO/c1-8-5-9(12(7-14)3-4-12)6-10(13)11(8)15-2/h5-6H,3-4,7,14H2,1-2H3. The third kappa shape index (κ3) is 1.61. The summed E-state index contributed by atoms with van der Waals surface area (Å²) in [4.78, 5) is 0. The van der Waals surface area contributed by atoms with Crippen LogP contribution in [0.4, 0.5) is 4.39 Å². The van der Waals surface area contributed by atoms with E-state index in [1.807, 2.05) is 13.0 Å². The van der Waals surface area contributed by atoms with Gasteiger partial charge < -0.3 is 10.5 Å². The summed E-state index contributed by atoms with van der Waals surface area (Å²) in [5.74, 6) is 0.0544. The topological polar surface area (TPSA) is 35.2 Å². The second-order valence-corrected chi connectivity index (χ2v) is 4.29. The van der Waals surface area contributed by atoms with Crippen molar-refractivity contribution >= 4 is 0 Å². The molecular weight excluding hydrogens is 193 g/mol. The van der Waals surface area contributed by atoms with Crippen molar-refractivity contribution in [2.24, 2.45) is 5.73 Å². The van der Waals surface area contributed by atoms with E-state index in [4.69, 9.17) is 10.5 Å². The van der Waals surface area contributed by atoms with Crippen molar-refractivity contribution < 1.29 is 9.13 Å². The van der Waals surface area contributed by atoms with Crippen LogP contribution in [0.1, 0.15) is 24.0 Å². The number of rotatable bonds is 3. The Hall–Kier alpha value is -1.09. The number of halogens is 1. The number of nitrogens with two attached hydrogens (primary N) is 1. The maximum Gasteiger partial charge on any atom is 0.165 e. The van der Waals surface area contributed by atoms with Gasteiger partial charge in [0.15, 0.2) is 11.6 Å². The van der Waals surface area contributed by atoms with Gasteiger partial charge in [-0.15, -0.1) is 0 Å². The highest BCUT2D eigenvalue weighted by Crippen LogP contribution is 2.48. The minimum absolute atomic E-state index is 0.0396. The Morgan fingerprint density at radius 1 is 1.47 bits per heavy atom. The molecule has 1 aromatic rings. The molecule has 0 unspecified atom stereocenters. The average Bonchev–Trinajstić information content (AvgIpc) is 2.97. The highest BCUT2D eigenvalue weighted by molar-refractivity contribution is 5.43. The fourth-order valence-corrected chi connectivity index (χ4v) is 2.06. The smallest absolute Gasteiger partial charge is 0.165 e. The molecule has 1 aliphatic carbocycles. The summed E-state index contributed by atoms with van der Waals surface area (Å²) in [6, 6.07) is 3.55. The van der Waals surface area contributed by atoms with Gasteiger partial charge in [0.25, 0.3) is 0 Å². The lowest BCUT2D eigenvalue weighted by molar-refractivity contribution is 0.382. The molecule has 1 saturated carbocycles. The lowest BCUT2D eigenvalue weighted by Gasteiger charge is -2.15. The second-order valence-electron chi connectivity index (χ2n) is 4.29. The number of methoxy groups -OCH3 is 1. The Kier molecular flexibility index (Phi) is 2.43. The van der Waals surface area contributed by atoms with Crippen molar-refractivity contribution in [1.29, 1.82) is 0 Å². The first-order chi connectivity index (χ1) is 7.13. The van der Waals surface area contributed by atoms with Crippen LogP contribution in [0.5, 0.6) is 5.75 Å². The van der Waals surface area contributed by atoms with Gasteiger partial charge in [-0.3, -0.25) is 0 Å². The maximum atomic E-state index is 13.6. The van der Waals surface area contributed by atoms with E-state index in [-0.39, 0.29) is 11.2 Å². The van der Waals surface area contributed by atoms with Crippen molar-refractivity contribution in [2.75, 3.05) is 13.7 Å². The van der Waals surface area contributed by atoms with Crippen LogP contribution in [-0.2, 0) is 5.41 Å². The summed E-state index contributed by atoms with van der Waals surface area (Å²) in [6.45, 7) is 2.45. The summed E-state index contributed by atoms with van der Waals surface area (Å²) in [6.07, 6.45) is 2.13. The molecule has 0 atom stereocenters. The minimum atomic E-state index is -0.285. The Balaban J connectivity index is 2.44. The molecular formula is C12H16FNO. The van der Waals surface area contributed by atoms with E-state index in [1.54, 1.807) is 6.07 Å². The third-order valence-electron chi connectivity index (χ3n) is 3.29. The van der Waals surface area contributed by atoms with Crippen molar-refractivity contribution in [2.45, 2.75) is 25.2 Å². The van der Waals surface area contributed by atoms with E-state index in [2.05, 4.69) is 0 Å². The van der Waals surface area contributed by atoms with Gasteiger partial charge in [-0.25, -0.2) is 4.39 Å². The Bertz CT molecular complexity index is 362. The molecule has 2 N–H and O–H groups in total. The van der Waals surface area contributed by atoms with Crippen LogP contribution in [0.25, 0.3) is 0 Å². The van der Waals surface area contributed by atoms with Gasteiger partial charge in [0.2, 0.25) is 0 Å². The van der Waals surface area contributed by atoms with E-state index in [9.17, 15) is 4.39 Å². The van der Waals surface area contributed by atoms with Crippen LogP contribution >= 0.6 is 0 Å². The van der Waals surface area contributed by atoms with E-state index < -0.39 is 0 Å². The van der Waals surface area contributed by atoms with Gasteiger partial charge in [0.1, 0.15) is 0 Å². The van der Waals surface area contributed by atoms with Crippen LogP contribution in [-0.4, -0.2) is 13.7 Å². The molecule has 2 nitrogen and oxygen atoms in total. The molecule has 0 bridgehead atoms. The molecule has 0 heterocycles. The monoisotopic (exact) mass is 209 g/mol. The number of hydrogen-bond donors (Lipinski definition) is 1. The third-order valence-corrected chi connectivity index (χ3v) is 3.29. The van der Waals surface area contributed by atoms with Crippen LogP contribution in [0, 0.1) is 12.7 Å². The number of benzene rings is 1. The van der Waals surface area contributed by atoms with Crippen molar-refractivity contribution in [1.82, 2.24) is 0 Å². The van der Waals surface area contributed by atoms with Crippen molar-refractivity contribution in [3.8, 4) is 5.75 Å². The zero-order chi connectivity index (χ0) is 11.1. The zero-order valence-corrected chi connectivity index (χ0v) is 9.14. The molecule has 1 fully saturated rings. The van der Waals surface area contributed by atoms with E-state index in [0.717, 1.165) is 24.0 Å². The van der Waals surface area contributed by atoms with Gasteiger partial charge in [-0.1, -0.05) is 6.07 Å². The number of hydrogen-bond acceptors (Lipinski definition) is 2. The molecule has 15 heavy (non-hydrogen) atoms. The molecule has 82 valence electrons. The molecule has 2 rings (SSSR count). The highest BCUT2D eigenvalue weighted by Gasteiger charge is 2.43. The van der Waals surface area contributed by atoms with Crippen molar-refractivity contribution in [3.05, 3.63) is 29.1 Å². The molecule has 1 aliphatic rings. The van der Waals surface area contributed by atoms with Crippen LogP contribution in [0.15, 0.2) is 12.1 Å². The quantitative estimate of drug-likeness (QED) is 0.827. The number of ether oxygens (including phenoxy) is 1. The summed E-state index contributed by atoms with van der Waals surface area (Å²) < 4.78 is 18.6. The molecule has 3 heteroatoms. The first kappa shape index (κ1) is 10.4. The summed E-state index contributed by atoms with van der Waals surface area (Å²) >= 11 is 0. The van der Waals surface area contributed by atoms with E-state index >= 15 is 0 Å². The van der Waals surface area contributed by atoms with Gasteiger partial charge in [-0.05, 0) is 37.0 Å². The van der Waals surface area contributed by atoms with Gasteiger partial charge in [-0.2, -0.15) is 0 Å². The summed E-state index contributed by atoms with van der Waals surface area (Å²) in [5.41, 5.74) is 7.61. The van der Waals surface area contributed by atoms with E-state index in [1.165, 1.54) is 7.11 Å². The van der Waals surface area contributed by atoms with Gasteiger partial charge >= 0.3 is 0 Å². The minimum Gasteiger partial charge on any atom is -0.493 e. The van der Waals surface area contributed by atoms with Crippen LogP contribution in [0.3, 0.4) is 0 Å². The van der Waals surface area contributed by atoms with Crippen LogP contribution < -0.4 is 10.5 Å². The molecule has 1 aromatic carbocycles. The Morgan fingerprint density at radius 2 is 2.13 bits per heavy atom. The second kappa shape index (κ2) is 3.49. The SMILES string of the molecule is COc1c(C)cc(C2(CN)CC2)cc1F. The first-order valence-corrected chi connectivity index (χ1v) is 5.17. The predicted octanol–water partition coefficient (Wildman–Crippen LogP) is 2.13.